The minimum absolute atomic E-state index is 0.173. The van der Waals surface area contributed by atoms with Gasteiger partial charge in [-0.25, -0.2) is 9.78 Å². The van der Waals surface area contributed by atoms with Crippen molar-refractivity contribution in [3.05, 3.63) is 65.6 Å². The van der Waals surface area contributed by atoms with E-state index in [0.29, 0.717) is 18.6 Å². The number of ether oxygens (including phenoxy) is 2. The highest BCUT2D eigenvalue weighted by Gasteiger charge is 2.20. The number of imidazole rings is 1. The molecule has 1 amide bonds. The molecule has 146 valence electrons. The molecule has 0 radical (unpaired) electrons. The van der Waals surface area contributed by atoms with Crippen molar-refractivity contribution in [3.63, 3.8) is 0 Å². The molecule has 1 atom stereocenters. The molecule has 0 saturated heterocycles. The highest BCUT2D eigenvalue weighted by atomic mass is 16.5. The first-order valence-electron chi connectivity index (χ1n) is 9.04. The standard InChI is InChI=1S/C21H23N3O4/c1-14-5-4-6-19-23-18(13-24(14)19)21(26)28-15(2)20(25)22-12-11-16-7-9-17(27-3)10-8-16/h4-10,13,15H,11-12H2,1-3H3,(H,22,25)/t15-/m1/s1. The lowest BCUT2D eigenvalue weighted by molar-refractivity contribution is -0.129. The van der Waals surface area contributed by atoms with E-state index in [1.165, 1.54) is 0 Å². The second-order valence-corrected chi connectivity index (χ2v) is 6.46. The Kier molecular flexibility index (Phi) is 5.93. The predicted molar refractivity (Wildman–Crippen MR) is 105 cm³/mol. The number of benzene rings is 1. The van der Waals surface area contributed by atoms with Crippen LogP contribution in [0.25, 0.3) is 5.65 Å². The van der Waals surface area contributed by atoms with Gasteiger partial charge in [0.25, 0.3) is 5.91 Å². The van der Waals surface area contributed by atoms with Gasteiger partial charge < -0.3 is 19.2 Å². The Hall–Kier alpha value is -3.35. The van der Waals surface area contributed by atoms with Gasteiger partial charge in [0.1, 0.15) is 11.4 Å². The first kappa shape index (κ1) is 19.4. The number of carbonyl (C=O) groups excluding carboxylic acids is 2. The molecule has 0 aliphatic rings. The van der Waals surface area contributed by atoms with Crippen molar-refractivity contribution in [2.24, 2.45) is 0 Å². The lowest BCUT2D eigenvalue weighted by Crippen LogP contribution is -2.37. The molecule has 7 heteroatoms. The number of pyridine rings is 1. The smallest absolute Gasteiger partial charge is 0.359 e. The maximum absolute atomic E-state index is 12.3. The lowest BCUT2D eigenvalue weighted by Gasteiger charge is -2.12. The summed E-state index contributed by atoms with van der Waals surface area (Å²) in [6.45, 7) is 3.91. The Morgan fingerprint density at radius 2 is 1.93 bits per heavy atom. The van der Waals surface area contributed by atoms with E-state index < -0.39 is 12.1 Å². The summed E-state index contributed by atoms with van der Waals surface area (Å²) in [5, 5.41) is 2.78. The quantitative estimate of drug-likeness (QED) is 0.636. The number of methoxy groups -OCH3 is 1. The molecule has 3 aromatic rings. The Morgan fingerprint density at radius 1 is 1.18 bits per heavy atom. The summed E-state index contributed by atoms with van der Waals surface area (Å²) >= 11 is 0. The van der Waals surface area contributed by atoms with Crippen LogP contribution >= 0.6 is 0 Å². The van der Waals surface area contributed by atoms with Gasteiger partial charge in [-0.1, -0.05) is 18.2 Å². The molecular weight excluding hydrogens is 358 g/mol. The lowest BCUT2D eigenvalue weighted by atomic mass is 10.1. The number of esters is 1. The number of aromatic nitrogens is 2. The van der Waals surface area contributed by atoms with Crippen LogP contribution < -0.4 is 10.1 Å². The van der Waals surface area contributed by atoms with Gasteiger partial charge in [-0.2, -0.15) is 0 Å². The number of nitrogens with zero attached hydrogens (tertiary/aromatic N) is 2. The highest BCUT2D eigenvalue weighted by Crippen LogP contribution is 2.12. The van der Waals surface area contributed by atoms with E-state index in [2.05, 4.69) is 10.3 Å². The van der Waals surface area contributed by atoms with Crippen LogP contribution in [-0.2, 0) is 16.0 Å². The summed E-state index contributed by atoms with van der Waals surface area (Å²) in [6, 6.07) is 13.2. The fraction of sp³-hybridized carbons (Fsp3) is 0.286. The van der Waals surface area contributed by atoms with Gasteiger partial charge >= 0.3 is 5.97 Å². The molecule has 0 aliphatic heterocycles. The summed E-state index contributed by atoms with van der Waals surface area (Å²) in [4.78, 5) is 28.7. The monoisotopic (exact) mass is 381 g/mol. The summed E-state index contributed by atoms with van der Waals surface area (Å²) in [6.07, 6.45) is 1.37. The fourth-order valence-electron chi connectivity index (χ4n) is 2.79. The molecule has 0 aliphatic carbocycles. The van der Waals surface area contributed by atoms with Crippen LogP contribution in [0.2, 0.25) is 0 Å². The van der Waals surface area contributed by atoms with E-state index in [1.807, 2.05) is 43.3 Å². The van der Waals surface area contributed by atoms with E-state index in [4.69, 9.17) is 9.47 Å². The maximum atomic E-state index is 12.3. The summed E-state index contributed by atoms with van der Waals surface area (Å²) < 4.78 is 12.2. The third-order valence-corrected chi connectivity index (χ3v) is 4.43. The van der Waals surface area contributed by atoms with Crippen LogP contribution in [0.5, 0.6) is 5.75 Å². The maximum Gasteiger partial charge on any atom is 0.359 e. The van der Waals surface area contributed by atoms with Crippen LogP contribution in [0.4, 0.5) is 0 Å². The van der Waals surface area contributed by atoms with Crippen molar-refractivity contribution in [3.8, 4) is 5.75 Å². The van der Waals surface area contributed by atoms with Crippen LogP contribution in [0.1, 0.15) is 28.7 Å². The molecule has 0 spiro atoms. The zero-order valence-electron chi connectivity index (χ0n) is 16.1. The molecule has 28 heavy (non-hydrogen) atoms. The molecule has 0 saturated carbocycles. The molecule has 0 unspecified atom stereocenters. The van der Waals surface area contributed by atoms with Gasteiger partial charge in [0.2, 0.25) is 0 Å². The SMILES string of the molecule is COc1ccc(CCNC(=O)[C@@H](C)OC(=O)c2cn3c(C)cccc3n2)cc1. The Morgan fingerprint density at radius 3 is 2.61 bits per heavy atom. The average molecular weight is 381 g/mol. The largest absolute Gasteiger partial charge is 0.497 e. The van der Waals surface area contributed by atoms with Crippen LogP contribution in [0.15, 0.2) is 48.7 Å². The van der Waals surface area contributed by atoms with Gasteiger partial charge in [0, 0.05) is 18.4 Å². The summed E-state index contributed by atoms with van der Waals surface area (Å²) in [5.74, 6) is -0.182. The van der Waals surface area contributed by atoms with E-state index in [1.54, 1.807) is 30.7 Å². The van der Waals surface area contributed by atoms with Crippen LogP contribution in [0, 0.1) is 6.92 Å². The van der Waals surface area contributed by atoms with Crippen LogP contribution in [-0.4, -0.2) is 41.0 Å². The first-order valence-corrected chi connectivity index (χ1v) is 9.04. The van der Waals surface area contributed by atoms with E-state index >= 15 is 0 Å². The van der Waals surface area contributed by atoms with Crippen molar-refractivity contribution >= 4 is 17.5 Å². The number of fused-ring (bicyclic) bond motifs is 1. The molecule has 2 aromatic heterocycles. The molecular formula is C21H23N3O4. The van der Waals surface area contributed by atoms with Crippen molar-refractivity contribution < 1.29 is 19.1 Å². The first-order chi connectivity index (χ1) is 13.5. The average Bonchev–Trinajstić information content (AvgIpc) is 3.14. The fourth-order valence-corrected chi connectivity index (χ4v) is 2.79. The topological polar surface area (TPSA) is 81.9 Å². The summed E-state index contributed by atoms with van der Waals surface area (Å²) in [5.41, 5.74) is 2.86. The second kappa shape index (κ2) is 8.56. The second-order valence-electron chi connectivity index (χ2n) is 6.46. The van der Waals surface area contributed by atoms with Crippen LogP contribution in [0.3, 0.4) is 0 Å². The van der Waals surface area contributed by atoms with Gasteiger partial charge in [-0.05, 0) is 50.1 Å². The highest BCUT2D eigenvalue weighted by molar-refractivity contribution is 5.91. The molecule has 1 aromatic carbocycles. The molecule has 0 bridgehead atoms. The molecule has 1 N–H and O–H groups in total. The van der Waals surface area contributed by atoms with E-state index in [-0.39, 0.29) is 11.6 Å². The van der Waals surface area contributed by atoms with Crippen molar-refractivity contribution in [1.29, 1.82) is 0 Å². The number of hydrogen-bond donors (Lipinski definition) is 1. The van der Waals surface area contributed by atoms with Gasteiger partial charge in [-0.3, -0.25) is 4.79 Å². The normalized spacial score (nSPS) is 11.8. The van der Waals surface area contributed by atoms with E-state index in [0.717, 1.165) is 17.0 Å². The minimum atomic E-state index is -0.908. The van der Waals surface area contributed by atoms with Crippen molar-refractivity contribution in [1.82, 2.24) is 14.7 Å². The van der Waals surface area contributed by atoms with Gasteiger partial charge in [-0.15, -0.1) is 0 Å². The van der Waals surface area contributed by atoms with Crippen molar-refractivity contribution in [2.45, 2.75) is 26.4 Å². The number of carbonyl (C=O) groups is 2. The van der Waals surface area contributed by atoms with E-state index in [9.17, 15) is 9.59 Å². The number of hydrogen-bond acceptors (Lipinski definition) is 5. The third kappa shape index (κ3) is 4.49. The minimum Gasteiger partial charge on any atom is -0.497 e. The van der Waals surface area contributed by atoms with Gasteiger partial charge in [0.05, 0.1) is 7.11 Å². The number of rotatable bonds is 7. The predicted octanol–water partition coefficient (Wildman–Crippen LogP) is 2.56. The number of nitrogens with one attached hydrogen (secondary N) is 1. The number of aryl methyl sites for hydroxylation is 1. The Bertz CT molecular complexity index is 979. The molecule has 2 heterocycles. The number of amides is 1. The molecule has 7 nitrogen and oxygen atoms in total. The molecule has 0 fully saturated rings. The zero-order valence-corrected chi connectivity index (χ0v) is 16.1. The van der Waals surface area contributed by atoms with Crippen molar-refractivity contribution in [2.75, 3.05) is 13.7 Å². The Labute approximate surface area is 163 Å². The molecule has 3 rings (SSSR count). The zero-order chi connectivity index (χ0) is 20.1. The van der Waals surface area contributed by atoms with Gasteiger partial charge in [0.15, 0.2) is 11.8 Å². The third-order valence-electron chi connectivity index (χ3n) is 4.43. The summed E-state index contributed by atoms with van der Waals surface area (Å²) in [7, 11) is 1.62. The Balaban J connectivity index is 1.51.